The second-order valence-corrected chi connectivity index (χ2v) is 5.10. The standard InChI is InChI=1S/C10H18O3/c1-8(2)9(3,4)12-7(11)13-10(8,5)6/h1-6H3. The lowest BCUT2D eigenvalue weighted by Crippen LogP contribution is -2.61. The van der Waals surface area contributed by atoms with Gasteiger partial charge in [-0.25, -0.2) is 4.79 Å². The number of hydrogen-bond acceptors (Lipinski definition) is 3. The van der Waals surface area contributed by atoms with Crippen LogP contribution in [0.1, 0.15) is 41.5 Å². The number of rotatable bonds is 0. The first-order valence-electron chi connectivity index (χ1n) is 4.52. The molecule has 76 valence electrons. The van der Waals surface area contributed by atoms with Crippen molar-refractivity contribution in [2.75, 3.05) is 0 Å². The second kappa shape index (κ2) is 2.40. The molecule has 0 bridgehead atoms. The Morgan fingerprint density at radius 2 is 1.15 bits per heavy atom. The van der Waals surface area contributed by atoms with Crippen molar-refractivity contribution in [1.29, 1.82) is 0 Å². The van der Waals surface area contributed by atoms with Gasteiger partial charge in [0, 0.05) is 5.41 Å². The Morgan fingerprint density at radius 1 is 0.846 bits per heavy atom. The van der Waals surface area contributed by atoms with Crippen molar-refractivity contribution >= 4 is 6.16 Å². The van der Waals surface area contributed by atoms with Crippen LogP contribution in [0.25, 0.3) is 0 Å². The summed E-state index contributed by atoms with van der Waals surface area (Å²) in [5.74, 6) is 0. The molecule has 0 atom stereocenters. The van der Waals surface area contributed by atoms with Gasteiger partial charge < -0.3 is 9.47 Å². The fourth-order valence-corrected chi connectivity index (χ4v) is 1.42. The van der Waals surface area contributed by atoms with Crippen LogP contribution in [-0.2, 0) is 9.47 Å². The molecule has 1 rings (SSSR count). The predicted octanol–water partition coefficient (Wildman–Crippen LogP) is 2.74. The Balaban J connectivity index is 3.10. The van der Waals surface area contributed by atoms with Crippen LogP contribution in [0.3, 0.4) is 0 Å². The van der Waals surface area contributed by atoms with Gasteiger partial charge in [-0.3, -0.25) is 0 Å². The summed E-state index contributed by atoms with van der Waals surface area (Å²) in [6.45, 7) is 11.7. The molecule has 1 heterocycles. The van der Waals surface area contributed by atoms with E-state index in [0.717, 1.165) is 0 Å². The molecule has 0 aliphatic carbocycles. The highest BCUT2D eigenvalue weighted by Crippen LogP contribution is 2.48. The van der Waals surface area contributed by atoms with E-state index in [1.807, 2.05) is 41.5 Å². The van der Waals surface area contributed by atoms with Gasteiger partial charge in [-0.05, 0) is 27.7 Å². The summed E-state index contributed by atoms with van der Waals surface area (Å²) in [5.41, 5.74) is -1.20. The van der Waals surface area contributed by atoms with Crippen LogP contribution >= 0.6 is 0 Å². The average Bonchev–Trinajstić information content (AvgIpc) is 1.80. The van der Waals surface area contributed by atoms with Crippen LogP contribution in [0.4, 0.5) is 4.79 Å². The Hall–Kier alpha value is -0.730. The second-order valence-electron chi connectivity index (χ2n) is 5.10. The monoisotopic (exact) mass is 186 g/mol. The van der Waals surface area contributed by atoms with E-state index >= 15 is 0 Å². The highest BCUT2D eigenvalue weighted by Gasteiger charge is 2.57. The van der Waals surface area contributed by atoms with Crippen molar-refractivity contribution < 1.29 is 14.3 Å². The molecule has 1 aliphatic heterocycles. The van der Waals surface area contributed by atoms with E-state index < -0.39 is 17.4 Å². The molecule has 0 N–H and O–H groups in total. The van der Waals surface area contributed by atoms with Crippen LogP contribution < -0.4 is 0 Å². The van der Waals surface area contributed by atoms with Gasteiger partial charge in [-0.1, -0.05) is 13.8 Å². The van der Waals surface area contributed by atoms with Crippen molar-refractivity contribution in [3.63, 3.8) is 0 Å². The summed E-state index contributed by atoms with van der Waals surface area (Å²) in [5, 5.41) is 0. The van der Waals surface area contributed by atoms with E-state index in [9.17, 15) is 4.79 Å². The maximum atomic E-state index is 11.1. The first kappa shape index (κ1) is 10.4. The largest absolute Gasteiger partial charge is 0.509 e. The number of cyclic esters (lactones) is 2. The summed E-state index contributed by atoms with van der Waals surface area (Å²) in [6, 6.07) is 0. The fourth-order valence-electron chi connectivity index (χ4n) is 1.42. The molecule has 0 spiro atoms. The minimum absolute atomic E-state index is 0.214. The van der Waals surface area contributed by atoms with E-state index in [-0.39, 0.29) is 5.41 Å². The third-order valence-corrected chi connectivity index (χ3v) is 3.69. The molecule has 1 aliphatic rings. The maximum Gasteiger partial charge on any atom is 0.509 e. The van der Waals surface area contributed by atoms with E-state index in [2.05, 4.69) is 0 Å². The Morgan fingerprint density at radius 3 is 1.46 bits per heavy atom. The third kappa shape index (κ3) is 1.30. The summed E-state index contributed by atoms with van der Waals surface area (Å²) < 4.78 is 10.3. The summed E-state index contributed by atoms with van der Waals surface area (Å²) in [6.07, 6.45) is -0.575. The lowest BCUT2D eigenvalue weighted by molar-refractivity contribution is -0.218. The van der Waals surface area contributed by atoms with Crippen molar-refractivity contribution in [3.8, 4) is 0 Å². The van der Waals surface area contributed by atoms with Gasteiger partial charge in [0.2, 0.25) is 0 Å². The highest BCUT2D eigenvalue weighted by molar-refractivity contribution is 5.62. The number of ether oxygens (including phenoxy) is 2. The van der Waals surface area contributed by atoms with Gasteiger partial charge in [-0.15, -0.1) is 0 Å². The van der Waals surface area contributed by atoms with E-state index in [1.165, 1.54) is 0 Å². The summed E-state index contributed by atoms with van der Waals surface area (Å²) in [7, 11) is 0. The van der Waals surface area contributed by atoms with Crippen molar-refractivity contribution in [3.05, 3.63) is 0 Å². The number of carbonyl (C=O) groups is 1. The molecule has 0 aromatic heterocycles. The number of carbonyl (C=O) groups excluding carboxylic acids is 1. The van der Waals surface area contributed by atoms with Crippen molar-refractivity contribution in [2.24, 2.45) is 5.41 Å². The van der Waals surface area contributed by atoms with Gasteiger partial charge in [0.05, 0.1) is 0 Å². The van der Waals surface area contributed by atoms with Gasteiger partial charge in [-0.2, -0.15) is 0 Å². The SMILES string of the molecule is CC1(C)OC(=O)OC(C)(C)C1(C)C. The molecule has 3 nitrogen and oxygen atoms in total. The molecular formula is C10H18O3. The fraction of sp³-hybridized carbons (Fsp3) is 0.900. The van der Waals surface area contributed by atoms with E-state index in [1.54, 1.807) is 0 Å². The molecule has 0 saturated carbocycles. The molecule has 0 radical (unpaired) electrons. The van der Waals surface area contributed by atoms with E-state index in [0.29, 0.717) is 0 Å². The lowest BCUT2D eigenvalue weighted by Gasteiger charge is -2.53. The topological polar surface area (TPSA) is 35.5 Å². The Bertz CT molecular complexity index is 217. The van der Waals surface area contributed by atoms with Crippen LogP contribution in [0.15, 0.2) is 0 Å². The molecule has 1 fully saturated rings. The van der Waals surface area contributed by atoms with Crippen LogP contribution in [0, 0.1) is 5.41 Å². The van der Waals surface area contributed by atoms with Gasteiger partial charge >= 0.3 is 6.16 Å². The zero-order valence-electron chi connectivity index (χ0n) is 9.22. The maximum absolute atomic E-state index is 11.1. The van der Waals surface area contributed by atoms with Crippen LogP contribution in [0.5, 0.6) is 0 Å². The van der Waals surface area contributed by atoms with Gasteiger partial charge in [0.15, 0.2) is 0 Å². The average molecular weight is 186 g/mol. The first-order valence-corrected chi connectivity index (χ1v) is 4.52. The molecule has 0 aromatic carbocycles. The summed E-state index contributed by atoms with van der Waals surface area (Å²) in [4.78, 5) is 11.1. The van der Waals surface area contributed by atoms with E-state index in [4.69, 9.17) is 9.47 Å². The third-order valence-electron chi connectivity index (χ3n) is 3.69. The quantitative estimate of drug-likeness (QED) is 0.546. The predicted molar refractivity (Wildman–Crippen MR) is 49.5 cm³/mol. The smallest absolute Gasteiger partial charge is 0.428 e. The molecule has 0 aromatic rings. The zero-order valence-corrected chi connectivity index (χ0v) is 9.22. The molecule has 0 unspecified atom stereocenters. The number of hydrogen-bond donors (Lipinski definition) is 0. The minimum Gasteiger partial charge on any atom is -0.428 e. The highest BCUT2D eigenvalue weighted by atomic mass is 16.8. The zero-order chi connectivity index (χ0) is 10.5. The van der Waals surface area contributed by atoms with Crippen LogP contribution in [0.2, 0.25) is 0 Å². The molecular weight excluding hydrogens is 168 g/mol. The molecule has 1 saturated heterocycles. The van der Waals surface area contributed by atoms with Crippen molar-refractivity contribution in [1.82, 2.24) is 0 Å². The molecule has 13 heavy (non-hydrogen) atoms. The van der Waals surface area contributed by atoms with Crippen molar-refractivity contribution in [2.45, 2.75) is 52.7 Å². The molecule has 3 heteroatoms. The normalized spacial score (nSPS) is 28.9. The Kier molecular flexibility index (Phi) is 1.91. The van der Waals surface area contributed by atoms with Gasteiger partial charge in [0.1, 0.15) is 11.2 Å². The summed E-state index contributed by atoms with van der Waals surface area (Å²) >= 11 is 0. The molecule has 0 amide bonds. The van der Waals surface area contributed by atoms with Crippen LogP contribution in [-0.4, -0.2) is 17.4 Å². The van der Waals surface area contributed by atoms with Gasteiger partial charge in [0.25, 0.3) is 0 Å². The first-order chi connectivity index (χ1) is 5.60. The Labute approximate surface area is 79.4 Å². The lowest BCUT2D eigenvalue weighted by atomic mass is 9.66. The minimum atomic E-state index is -0.575.